The van der Waals surface area contributed by atoms with Crippen molar-refractivity contribution in [2.75, 3.05) is 6.61 Å². The lowest BCUT2D eigenvalue weighted by Gasteiger charge is -2.16. The molecule has 27 heavy (non-hydrogen) atoms. The highest BCUT2D eigenvalue weighted by Crippen LogP contribution is 2.59. The van der Waals surface area contributed by atoms with E-state index < -0.39 is 27.1 Å². The molecule has 4 N–H and O–H groups in total. The van der Waals surface area contributed by atoms with Gasteiger partial charge in [-0.1, -0.05) is 25.5 Å². The van der Waals surface area contributed by atoms with Gasteiger partial charge in [-0.3, -0.25) is 9.13 Å². The molecular formula is C17H24NO7P2+. The van der Waals surface area contributed by atoms with Crippen molar-refractivity contribution in [3.63, 3.8) is 0 Å². The van der Waals surface area contributed by atoms with Gasteiger partial charge in [0, 0.05) is 11.6 Å². The maximum atomic E-state index is 11.5. The smallest absolute Gasteiger partial charge is 0.347 e. The van der Waals surface area contributed by atoms with E-state index in [1.807, 2.05) is 24.3 Å². The Morgan fingerprint density at radius 1 is 1.00 bits per heavy atom. The quantitative estimate of drug-likeness (QED) is 0.281. The van der Waals surface area contributed by atoms with Gasteiger partial charge in [-0.05, 0) is 30.2 Å². The van der Waals surface area contributed by atoms with E-state index in [-0.39, 0.29) is 0 Å². The number of hydrogen-bond donors (Lipinski definition) is 4. The minimum atomic E-state index is -4.97. The molecule has 8 nitrogen and oxygen atoms in total. The second-order valence-electron chi connectivity index (χ2n) is 6.17. The van der Waals surface area contributed by atoms with Crippen LogP contribution in [0.15, 0.2) is 48.8 Å². The maximum Gasteiger partial charge on any atom is 0.347 e. The average molecular weight is 416 g/mol. The standard InChI is InChI=1S/C17H23NO7P2/c1-2-3-11-25-16-8-6-14(7-9-16)15-5-4-10-18(12-15)13-17(26(19,20)21)27(22,23)24/h4-10,12,17H,2-3,11,13H2,1H3,(H3-,19,20,21,22,23,24)/p+1. The Morgan fingerprint density at radius 2 is 1.63 bits per heavy atom. The Bertz CT molecular complexity index is 823. The van der Waals surface area contributed by atoms with Gasteiger partial charge >= 0.3 is 15.2 Å². The number of rotatable bonds is 9. The van der Waals surface area contributed by atoms with Gasteiger partial charge in [0.05, 0.1) is 6.61 Å². The Kier molecular flexibility index (Phi) is 7.34. The fraction of sp³-hybridized carbons (Fsp3) is 0.353. The van der Waals surface area contributed by atoms with Crippen LogP contribution < -0.4 is 9.30 Å². The summed E-state index contributed by atoms with van der Waals surface area (Å²) in [6, 6.07) is 10.8. The Morgan fingerprint density at radius 3 is 2.19 bits per heavy atom. The molecule has 10 heteroatoms. The van der Waals surface area contributed by atoms with E-state index >= 15 is 0 Å². The molecule has 1 aromatic carbocycles. The van der Waals surface area contributed by atoms with E-state index in [9.17, 15) is 28.7 Å². The molecule has 0 spiro atoms. The van der Waals surface area contributed by atoms with E-state index in [1.165, 1.54) is 10.8 Å². The van der Waals surface area contributed by atoms with Crippen molar-refractivity contribution in [1.82, 2.24) is 0 Å². The molecule has 0 aliphatic carbocycles. The highest BCUT2D eigenvalue weighted by atomic mass is 31.2. The summed E-state index contributed by atoms with van der Waals surface area (Å²) in [5, 5.41) is -2.08. The molecule has 148 valence electrons. The van der Waals surface area contributed by atoms with Gasteiger partial charge in [-0.25, -0.2) is 4.57 Å². The van der Waals surface area contributed by atoms with Crippen LogP contribution >= 0.6 is 15.2 Å². The fourth-order valence-corrected chi connectivity index (χ4v) is 4.85. The Labute approximate surface area is 157 Å². The number of pyridine rings is 1. The van der Waals surface area contributed by atoms with Gasteiger partial charge in [0.2, 0.25) is 5.40 Å². The van der Waals surface area contributed by atoms with Crippen molar-refractivity contribution in [1.29, 1.82) is 0 Å². The number of nitrogens with zero attached hydrogens (tertiary/aromatic N) is 1. The predicted octanol–water partition coefficient (Wildman–Crippen LogP) is 2.50. The first-order valence-corrected chi connectivity index (χ1v) is 11.8. The largest absolute Gasteiger partial charge is 0.494 e. The van der Waals surface area contributed by atoms with Crippen LogP contribution in [0.3, 0.4) is 0 Å². The SMILES string of the molecule is CCCCOc1ccc(-c2ccc[n+](CC(P(=O)(O)O)P(=O)(O)O)c2)cc1. The van der Waals surface area contributed by atoms with Crippen LogP contribution in [0.4, 0.5) is 0 Å². The molecule has 0 unspecified atom stereocenters. The third-order valence-corrected chi connectivity index (χ3v) is 7.65. The van der Waals surface area contributed by atoms with E-state index in [4.69, 9.17) is 4.74 Å². The van der Waals surface area contributed by atoms with Gasteiger partial charge in [-0.15, -0.1) is 0 Å². The van der Waals surface area contributed by atoms with Crippen molar-refractivity contribution in [2.24, 2.45) is 0 Å². The molecule has 0 bridgehead atoms. The minimum Gasteiger partial charge on any atom is -0.494 e. The second kappa shape index (κ2) is 9.11. The van der Waals surface area contributed by atoms with Crippen molar-refractivity contribution in [3.05, 3.63) is 48.8 Å². The molecule has 0 aliphatic rings. The molecule has 2 rings (SSSR count). The summed E-state index contributed by atoms with van der Waals surface area (Å²) in [7, 11) is -9.94. The molecule has 0 atom stereocenters. The molecule has 0 saturated heterocycles. The first-order valence-electron chi connectivity index (χ1n) is 8.44. The van der Waals surface area contributed by atoms with Gasteiger partial charge < -0.3 is 24.3 Å². The normalized spacial score (nSPS) is 12.4. The third kappa shape index (κ3) is 6.54. The van der Waals surface area contributed by atoms with Crippen molar-refractivity contribution < 1.29 is 38.0 Å². The van der Waals surface area contributed by atoms with Crippen LogP contribution in [0, 0.1) is 0 Å². The zero-order chi connectivity index (χ0) is 20.1. The number of hydrogen-bond acceptors (Lipinski definition) is 3. The fourth-order valence-electron chi connectivity index (χ4n) is 2.48. The van der Waals surface area contributed by atoms with Crippen LogP contribution in [0.25, 0.3) is 11.1 Å². The minimum absolute atomic E-state index is 0.499. The summed E-state index contributed by atoms with van der Waals surface area (Å²) in [6.45, 7) is 2.23. The lowest BCUT2D eigenvalue weighted by atomic mass is 10.1. The number of ether oxygens (including phenoxy) is 1. The molecule has 1 heterocycles. The van der Waals surface area contributed by atoms with Gasteiger partial charge in [0.25, 0.3) is 0 Å². The zero-order valence-electron chi connectivity index (χ0n) is 14.9. The summed E-state index contributed by atoms with van der Waals surface area (Å²) in [4.78, 5) is 37.1. The van der Waals surface area contributed by atoms with Crippen molar-refractivity contribution >= 4 is 15.2 Å². The Balaban J connectivity index is 2.19. The first kappa shape index (κ1) is 21.8. The molecule has 1 aromatic heterocycles. The number of benzene rings is 1. The molecule has 2 aromatic rings. The molecule has 0 fully saturated rings. The van der Waals surface area contributed by atoms with E-state index in [0.717, 1.165) is 29.7 Å². The zero-order valence-corrected chi connectivity index (χ0v) is 16.7. The Hall–Kier alpha value is -1.53. The van der Waals surface area contributed by atoms with Crippen LogP contribution in [-0.2, 0) is 15.7 Å². The van der Waals surface area contributed by atoms with Crippen molar-refractivity contribution in [3.8, 4) is 16.9 Å². The van der Waals surface area contributed by atoms with Gasteiger partial charge in [-0.2, -0.15) is 0 Å². The lowest BCUT2D eigenvalue weighted by molar-refractivity contribution is -0.694. The number of unbranched alkanes of at least 4 members (excludes halogenated alkanes) is 1. The van der Waals surface area contributed by atoms with Crippen LogP contribution in [0.5, 0.6) is 5.75 Å². The third-order valence-electron chi connectivity index (χ3n) is 3.96. The summed E-state index contributed by atoms with van der Waals surface area (Å²) >= 11 is 0. The highest BCUT2D eigenvalue weighted by Gasteiger charge is 2.46. The van der Waals surface area contributed by atoms with Gasteiger partial charge in [0.1, 0.15) is 5.75 Å². The van der Waals surface area contributed by atoms with Crippen LogP contribution in [-0.4, -0.2) is 31.6 Å². The first-order chi connectivity index (χ1) is 12.6. The summed E-state index contributed by atoms with van der Waals surface area (Å²) in [5.74, 6) is 0.749. The maximum absolute atomic E-state index is 11.5. The highest BCUT2D eigenvalue weighted by molar-refractivity contribution is 7.70. The molecule has 0 amide bonds. The van der Waals surface area contributed by atoms with Crippen molar-refractivity contribution in [2.45, 2.75) is 31.7 Å². The summed E-state index contributed by atoms with van der Waals surface area (Å²) in [5.41, 5.74) is 1.59. The molecule has 0 radical (unpaired) electrons. The molecule has 0 aliphatic heterocycles. The van der Waals surface area contributed by atoms with Crippen LogP contribution in [0.2, 0.25) is 0 Å². The summed E-state index contributed by atoms with van der Waals surface area (Å²) < 4.78 is 29.9. The van der Waals surface area contributed by atoms with Gasteiger partial charge in [0.15, 0.2) is 18.9 Å². The second-order valence-corrected chi connectivity index (χ2v) is 10.2. The molecule has 0 saturated carbocycles. The van der Waals surface area contributed by atoms with E-state index in [2.05, 4.69) is 6.92 Å². The predicted molar refractivity (Wildman–Crippen MR) is 100 cm³/mol. The van der Waals surface area contributed by atoms with Crippen LogP contribution in [0.1, 0.15) is 19.8 Å². The molecular weight excluding hydrogens is 392 g/mol. The number of aromatic nitrogens is 1. The summed E-state index contributed by atoms with van der Waals surface area (Å²) in [6.07, 6.45) is 5.11. The van der Waals surface area contributed by atoms with E-state index in [1.54, 1.807) is 18.3 Å². The average Bonchev–Trinajstić information content (AvgIpc) is 2.59. The lowest BCUT2D eigenvalue weighted by Crippen LogP contribution is -2.39. The monoisotopic (exact) mass is 416 g/mol. The van der Waals surface area contributed by atoms with E-state index in [0.29, 0.717) is 6.61 Å². The topological polar surface area (TPSA) is 128 Å².